The van der Waals surface area contributed by atoms with Crippen molar-refractivity contribution in [2.24, 2.45) is 5.73 Å². The first-order valence-electron chi connectivity index (χ1n) is 7.16. The standard InChI is InChI=1S/C16H18N6OS/c1-8-5-4-6-19-15(8)22-16(24)21-13(17)11-7-9(2)12(14(18)23)10(3)20-11/h4-7H,1-3H3,(H2,18,23)(H3,17,19,21,22,24). The summed E-state index contributed by atoms with van der Waals surface area (Å²) < 4.78 is 0. The lowest BCUT2D eigenvalue weighted by atomic mass is 10.1. The molecule has 0 radical (unpaired) electrons. The van der Waals surface area contributed by atoms with Crippen molar-refractivity contribution < 1.29 is 4.79 Å². The Morgan fingerprint density at radius 3 is 2.58 bits per heavy atom. The van der Waals surface area contributed by atoms with Crippen molar-refractivity contribution >= 4 is 34.9 Å². The number of aryl methyl sites for hydroxylation is 3. The van der Waals surface area contributed by atoms with Gasteiger partial charge in [0.2, 0.25) is 0 Å². The van der Waals surface area contributed by atoms with E-state index in [4.69, 9.17) is 23.4 Å². The smallest absolute Gasteiger partial charge is 0.250 e. The van der Waals surface area contributed by atoms with Crippen LogP contribution in [0.1, 0.15) is 32.9 Å². The number of pyridine rings is 2. The van der Waals surface area contributed by atoms with E-state index in [1.54, 1.807) is 26.1 Å². The molecule has 1 amide bonds. The Balaban J connectivity index is 2.14. The minimum atomic E-state index is -0.536. The fraction of sp³-hybridized carbons (Fsp3) is 0.188. The highest BCUT2D eigenvalue weighted by Gasteiger charge is 2.14. The van der Waals surface area contributed by atoms with Crippen LogP contribution in [0.2, 0.25) is 0 Å². The van der Waals surface area contributed by atoms with Crippen molar-refractivity contribution in [3.8, 4) is 0 Å². The number of rotatable bonds is 3. The van der Waals surface area contributed by atoms with Gasteiger partial charge in [-0.25, -0.2) is 9.97 Å². The minimum Gasteiger partial charge on any atom is -0.366 e. The molecule has 0 saturated carbocycles. The van der Waals surface area contributed by atoms with Gasteiger partial charge < -0.3 is 16.4 Å². The van der Waals surface area contributed by atoms with Gasteiger partial charge in [0.05, 0.1) is 11.3 Å². The number of hydrogen-bond acceptors (Lipinski definition) is 5. The first-order chi connectivity index (χ1) is 11.3. The van der Waals surface area contributed by atoms with E-state index in [0.29, 0.717) is 28.3 Å². The number of amidine groups is 1. The van der Waals surface area contributed by atoms with E-state index in [2.05, 4.69) is 20.6 Å². The molecule has 7 nitrogen and oxygen atoms in total. The summed E-state index contributed by atoms with van der Waals surface area (Å²) >= 11 is 5.20. The zero-order valence-electron chi connectivity index (χ0n) is 13.6. The number of primary amides is 1. The van der Waals surface area contributed by atoms with E-state index in [1.165, 1.54) is 0 Å². The summed E-state index contributed by atoms with van der Waals surface area (Å²) in [6.45, 7) is 5.33. The monoisotopic (exact) mass is 342 g/mol. The van der Waals surface area contributed by atoms with Crippen LogP contribution in [0.5, 0.6) is 0 Å². The second-order valence-corrected chi connectivity index (χ2v) is 5.68. The number of nitrogens with one attached hydrogen (secondary N) is 3. The third kappa shape index (κ3) is 3.90. The fourth-order valence-electron chi connectivity index (χ4n) is 2.27. The second-order valence-electron chi connectivity index (χ2n) is 5.27. The maximum absolute atomic E-state index is 11.4. The van der Waals surface area contributed by atoms with E-state index in [1.807, 2.05) is 19.1 Å². The zero-order chi connectivity index (χ0) is 17.9. The van der Waals surface area contributed by atoms with Crippen LogP contribution in [-0.4, -0.2) is 26.8 Å². The molecule has 2 rings (SSSR count). The van der Waals surface area contributed by atoms with Crippen molar-refractivity contribution in [2.75, 3.05) is 5.32 Å². The Morgan fingerprint density at radius 2 is 2.00 bits per heavy atom. The molecule has 0 bridgehead atoms. The lowest BCUT2D eigenvalue weighted by Gasteiger charge is -2.13. The molecule has 5 N–H and O–H groups in total. The first kappa shape index (κ1) is 17.5. The summed E-state index contributed by atoms with van der Waals surface area (Å²) in [5.41, 5.74) is 8.15. The molecule has 0 spiro atoms. The van der Waals surface area contributed by atoms with Gasteiger partial charge >= 0.3 is 0 Å². The number of hydrogen-bond donors (Lipinski definition) is 4. The molecule has 2 heterocycles. The SMILES string of the molecule is Cc1cccnc1NC(=S)NC(=N)c1cc(C)c(C(N)=O)c(C)n1. The summed E-state index contributed by atoms with van der Waals surface area (Å²) in [6, 6.07) is 5.35. The zero-order valence-corrected chi connectivity index (χ0v) is 14.4. The summed E-state index contributed by atoms with van der Waals surface area (Å²) in [6.07, 6.45) is 1.65. The van der Waals surface area contributed by atoms with Crippen LogP contribution in [0, 0.1) is 26.2 Å². The van der Waals surface area contributed by atoms with E-state index >= 15 is 0 Å². The highest BCUT2D eigenvalue weighted by Crippen LogP contribution is 2.13. The first-order valence-corrected chi connectivity index (χ1v) is 7.57. The van der Waals surface area contributed by atoms with Crippen LogP contribution in [0.15, 0.2) is 24.4 Å². The quantitative estimate of drug-likeness (QED) is 0.384. The van der Waals surface area contributed by atoms with Gasteiger partial charge in [-0.3, -0.25) is 10.2 Å². The van der Waals surface area contributed by atoms with E-state index in [-0.39, 0.29) is 10.9 Å². The Kier molecular flexibility index (Phi) is 5.20. The molecule has 2 aromatic rings. The normalized spacial score (nSPS) is 10.1. The van der Waals surface area contributed by atoms with Crippen LogP contribution in [0.4, 0.5) is 5.82 Å². The number of carbonyl (C=O) groups is 1. The molecule has 2 aromatic heterocycles. The third-order valence-electron chi connectivity index (χ3n) is 3.38. The molecule has 0 saturated heterocycles. The van der Waals surface area contributed by atoms with Crippen LogP contribution in [0.3, 0.4) is 0 Å². The Morgan fingerprint density at radius 1 is 1.29 bits per heavy atom. The molecule has 124 valence electrons. The Hall–Kier alpha value is -2.87. The summed E-state index contributed by atoms with van der Waals surface area (Å²) in [4.78, 5) is 19.8. The predicted molar refractivity (Wildman–Crippen MR) is 97.4 cm³/mol. The molecule has 0 fully saturated rings. The lowest BCUT2D eigenvalue weighted by Crippen LogP contribution is -2.35. The Labute approximate surface area is 145 Å². The average Bonchev–Trinajstić information content (AvgIpc) is 2.48. The largest absolute Gasteiger partial charge is 0.366 e. The van der Waals surface area contributed by atoms with Crippen molar-refractivity contribution in [2.45, 2.75) is 20.8 Å². The molecule has 0 aliphatic rings. The fourth-order valence-corrected chi connectivity index (χ4v) is 2.46. The molecular weight excluding hydrogens is 324 g/mol. The number of nitrogens with zero attached hydrogens (tertiary/aromatic N) is 2. The number of aromatic nitrogens is 2. The molecule has 0 unspecified atom stereocenters. The summed E-state index contributed by atoms with van der Waals surface area (Å²) in [5.74, 6) is 0.0989. The van der Waals surface area contributed by atoms with Gasteiger partial charge in [0, 0.05) is 6.20 Å². The predicted octanol–water partition coefficient (Wildman–Crippen LogP) is 1.81. The maximum Gasteiger partial charge on any atom is 0.250 e. The van der Waals surface area contributed by atoms with Crippen LogP contribution < -0.4 is 16.4 Å². The van der Waals surface area contributed by atoms with Crippen LogP contribution in [0.25, 0.3) is 0 Å². The molecule has 24 heavy (non-hydrogen) atoms. The summed E-state index contributed by atoms with van der Waals surface area (Å²) in [7, 11) is 0. The van der Waals surface area contributed by atoms with Crippen molar-refractivity contribution in [3.63, 3.8) is 0 Å². The van der Waals surface area contributed by atoms with Gasteiger partial charge in [-0.2, -0.15) is 0 Å². The Bertz CT molecular complexity index is 810. The molecular formula is C16H18N6OS. The van der Waals surface area contributed by atoms with E-state index in [0.717, 1.165) is 5.56 Å². The van der Waals surface area contributed by atoms with Gasteiger partial charge in [-0.1, -0.05) is 6.07 Å². The number of anilines is 1. The van der Waals surface area contributed by atoms with Crippen LogP contribution in [-0.2, 0) is 0 Å². The number of carbonyl (C=O) groups excluding carboxylic acids is 1. The maximum atomic E-state index is 11.4. The van der Waals surface area contributed by atoms with Gasteiger partial charge in [-0.15, -0.1) is 0 Å². The van der Waals surface area contributed by atoms with Gasteiger partial charge in [0.15, 0.2) is 10.9 Å². The lowest BCUT2D eigenvalue weighted by molar-refractivity contribution is 0.0998. The van der Waals surface area contributed by atoms with E-state index in [9.17, 15) is 4.79 Å². The second kappa shape index (κ2) is 7.14. The highest BCUT2D eigenvalue weighted by molar-refractivity contribution is 7.80. The topological polar surface area (TPSA) is 117 Å². The van der Waals surface area contributed by atoms with Gasteiger partial charge in [-0.05, 0) is 56.2 Å². The summed E-state index contributed by atoms with van der Waals surface area (Å²) in [5, 5.41) is 14.0. The number of nitrogens with two attached hydrogens (primary N) is 1. The minimum absolute atomic E-state index is 0.0169. The molecule has 0 aliphatic heterocycles. The highest BCUT2D eigenvalue weighted by atomic mass is 32.1. The van der Waals surface area contributed by atoms with Crippen molar-refractivity contribution in [1.29, 1.82) is 5.41 Å². The average molecular weight is 342 g/mol. The van der Waals surface area contributed by atoms with Gasteiger partial charge in [0.25, 0.3) is 5.91 Å². The van der Waals surface area contributed by atoms with Crippen LogP contribution >= 0.6 is 12.2 Å². The third-order valence-corrected chi connectivity index (χ3v) is 3.58. The molecule has 0 aliphatic carbocycles. The number of thiocarbonyl (C=S) groups is 1. The van der Waals surface area contributed by atoms with Gasteiger partial charge in [0.1, 0.15) is 11.5 Å². The van der Waals surface area contributed by atoms with E-state index < -0.39 is 5.91 Å². The molecule has 0 atom stereocenters. The molecule has 0 aromatic carbocycles. The molecule has 8 heteroatoms. The number of amides is 1. The van der Waals surface area contributed by atoms with Crippen molar-refractivity contribution in [3.05, 3.63) is 52.5 Å². The van der Waals surface area contributed by atoms with Crippen molar-refractivity contribution in [1.82, 2.24) is 15.3 Å².